The number of allylic oxidation sites excluding steroid dienone is 5. The first-order valence-electron chi connectivity index (χ1n) is 8.08. The number of hydrogen-bond donors (Lipinski definition) is 0. The van der Waals surface area contributed by atoms with Crippen molar-refractivity contribution in [2.75, 3.05) is 6.61 Å². The lowest BCUT2D eigenvalue weighted by Crippen LogP contribution is -2.17. The third-order valence-electron chi connectivity index (χ3n) is 3.43. The Balaban J connectivity index is 0.000000277. The summed E-state index contributed by atoms with van der Waals surface area (Å²) in [7, 11) is 0. The van der Waals surface area contributed by atoms with E-state index in [1.54, 1.807) is 13.0 Å². The fourth-order valence-electron chi connectivity index (χ4n) is 2.54. The number of fused-ring (bicyclic) bond motifs is 1. The summed E-state index contributed by atoms with van der Waals surface area (Å²) in [5.74, 6) is 1.03. The number of benzene rings is 1. The van der Waals surface area contributed by atoms with Crippen LogP contribution in [0.1, 0.15) is 47.1 Å². The van der Waals surface area contributed by atoms with Crippen LogP contribution in [0.2, 0.25) is 5.02 Å². The number of carbonyl (C=O) groups excluding carboxylic acids is 1. The molecule has 0 aliphatic carbocycles. The van der Waals surface area contributed by atoms with Crippen LogP contribution in [0.15, 0.2) is 48.1 Å². The molecule has 0 saturated heterocycles. The number of ketones is 1. The zero-order chi connectivity index (χ0) is 18.3. The zero-order valence-corrected chi connectivity index (χ0v) is 16.2. The van der Waals surface area contributed by atoms with Gasteiger partial charge in [-0.05, 0) is 63.1 Å². The van der Waals surface area contributed by atoms with Crippen molar-refractivity contribution in [3.63, 3.8) is 0 Å². The normalized spacial score (nSPS) is 16.3. The molecule has 130 valence electrons. The van der Waals surface area contributed by atoms with Gasteiger partial charge in [-0.2, -0.15) is 0 Å². The fraction of sp³-hybridized carbons (Fsp3) is 0.381. The van der Waals surface area contributed by atoms with Crippen LogP contribution in [-0.2, 0) is 4.79 Å². The van der Waals surface area contributed by atoms with Crippen molar-refractivity contribution in [2.24, 2.45) is 5.41 Å². The largest absolute Gasteiger partial charge is 0.492 e. The van der Waals surface area contributed by atoms with Crippen LogP contribution in [0.25, 0.3) is 5.57 Å². The average Bonchev–Trinajstić information content (AvgIpc) is 2.55. The second-order valence-corrected chi connectivity index (χ2v) is 7.18. The van der Waals surface area contributed by atoms with Crippen molar-refractivity contribution < 1.29 is 9.53 Å². The molecule has 0 atom stereocenters. The summed E-state index contributed by atoms with van der Waals surface area (Å²) >= 11 is 5.98. The first kappa shape index (κ1) is 20.2. The molecule has 0 fully saturated rings. The monoisotopic (exact) mass is 346 g/mol. The van der Waals surface area contributed by atoms with E-state index in [1.807, 2.05) is 44.2 Å². The lowest BCUT2D eigenvalue weighted by molar-refractivity contribution is -0.112. The van der Waals surface area contributed by atoms with Crippen molar-refractivity contribution >= 4 is 23.0 Å². The molecule has 3 heteroatoms. The molecule has 2 nitrogen and oxygen atoms in total. The highest BCUT2D eigenvalue weighted by atomic mass is 35.5. The number of halogens is 1. The third kappa shape index (κ3) is 6.76. The highest BCUT2D eigenvalue weighted by Crippen LogP contribution is 2.35. The Hall–Kier alpha value is -1.80. The van der Waals surface area contributed by atoms with Crippen LogP contribution in [-0.4, -0.2) is 12.4 Å². The first-order valence-corrected chi connectivity index (χ1v) is 8.46. The van der Waals surface area contributed by atoms with Crippen molar-refractivity contribution in [1.29, 1.82) is 0 Å². The molecule has 0 saturated carbocycles. The summed E-state index contributed by atoms with van der Waals surface area (Å²) in [6.45, 7) is 12.5. The highest BCUT2D eigenvalue weighted by molar-refractivity contribution is 6.30. The standard InChI is InChI=1S/C13H15ClO.C8H12O/c1-9-7-13(2,3)8-15-12-5-4-10(14)6-11(9)12;1-4-5-7(2)6-8(3)9/h4-7H,8H2,1-3H3;4-6H,1-3H3/b;5-4+,7-6+. The maximum atomic E-state index is 10.4. The summed E-state index contributed by atoms with van der Waals surface area (Å²) < 4.78 is 5.78. The second-order valence-electron chi connectivity index (χ2n) is 6.74. The molecule has 2 rings (SSSR count). The fourth-order valence-corrected chi connectivity index (χ4v) is 2.71. The number of rotatable bonds is 2. The number of hydrogen-bond acceptors (Lipinski definition) is 2. The zero-order valence-electron chi connectivity index (χ0n) is 15.4. The van der Waals surface area contributed by atoms with Gasteiger partial charge >= 0.3 is 0 Å². The molecule has 0 aromatic heterocycles. The Kier molecular flexibility index (Phi) is 7.50. The van der Waals surface area contributed by atoms with Crippen LogP contribution in [0, 0.1) is 5.41 Å². The van der Waals surface area contributed by atoms with E-state index in [2.05, 4.69) is 26.8 Å². The number of carbonyl (C=O) groups is 1. The van der Waals surface area contributed by atoms with E-state index in [0.29, 0.717) is 6.61 Å². The lowest BCUT2D eigenvalue weighted by Gasteiger charge is -2.18. The van der Waals surface area contributed by atoms with Gasteiger partial charge in [0.05, 0.1) is 6.61 Å². The summed E-state index contributed by atoms with van der Waals surface area (Å²) in [5.41, 5.74) is 3.42. The molecular formula is C21H27ClO2. The van der Waals surface area contributed by atoms with Gasteiger partial charge in [-0.15, -0.1) is 0 Å². The molecule has 0 amide bonds. The van der Waals surface area contributed by atoms with Gasteiger partial charge in [-0.25, -0.2) is 0 Å². The molecule has 24 heavy (non-hydrogen) atoms. The SMILES string of the molecule is C/C=C/C(C)=C/C(C)=O.CC1=CC(C)(C)COc2ccc(Cl)cc21. The van der Waals surface area contributed by atoms with Gasteiger partial charge in [0.2, 0.25) is 0 Å². The molecule has 0 spiro atoms. The van der Waals surface area contributed by atoms with Gasteiger partial charge in [0.1, 0.15) is 5.75 Å². The van der Waals surface area contributed by atoms with Crippen LogP contribution >= 0.6 is 11.6 Å². The minimum atomic E-state index is 0.0789. The second kappa shape index (κ2) is 8.89. The smallest absolute Gasteiger partial charge is 0.152 e. The number of ether oxygens (including phenoxy) is 1. The molecule has 0 radical (unpaired) electrons. The quantitative estimate of drug-likeness (QED) is 0.466. The summed E-state index contributed by atoms with van der Waals surface area (Å²) in [6, 6.07) is 5.77. The van der Waals surface area contributed by atoms with Gasteiger partial charge in [0.15, 0.2) is 5.78 Å². The van der Waals surface area contributed by atoms with E-state index in [1.165, 1.54) is 5.57 Å². The van der Waals surface area contributed by atoms with E-state index >= 15 is 0 Å². The van der Waals surface area contributed by atoms with Gasteiger partial charge < -0.3 is 4.74 Å². The van der Waals surface area contributed by atoms with Crippen molar-refractivity contribution in [3.8, 4) is 5.75 Å². The predicted octanol–water partition coefficient (Wildman–Crippen LogP) is 6.26. The van der Waals surface area contributed by atoms with E-state index in [0.717, 1.165) is 21.9 Å². The molecule has 1 aliphatic heterocycles. The molecule has 0 bridgehead atoms. The molecule has 0 N–H and O–H groups in total. The molecule has 1 aromatic rings. The topological polar surface area (TPSA) is 26.3 Å². The minimum absolute atomic E-state index is 0.0789. The lowest BCUT2D eigenvalue weighted by atomic mass is 9.91. The summed E-state index contributed by atoms with van der Waals surface area (Å²) in [4.78, 5) is 10.4. The Morgan fingerprint density at radius 3 is 2.54 bits per heavy atom. The van der Waals surface area contributed by atoms with Crippen LogP contribution in [0.5, 0.6) is 5.75 Å². The molecule has 1 heterocycles. The Morgan fingerprint density at radius 1 is 1.29 bits per heavy atom. The van der Waals surface area contributed by atoms with Gasteiger partial charge in [-0.1, -0.05) is 43.7 Å². The predicted molar refractivity (Wildman–Crippen MR) is 104 cm³/mol. The van der Waals surface area contributed by atoms with E-state index in [-0.39, 0.29) is 11.2 Å². The Bertz CT molecular complexity index is 679. The highest BCUT2D eigenvalue weighted by Gasteiger charge is 2.21. The summed E-state index contributed by atoms with van der Waals surface area (Å²) in [5, 5.41) is 0.754. The average molecular weight is 347 g/mol. The minimum Gasteiger partial charge on any atom is -0.492 e. The Morgan fingerprint density at radius 2 is 1.96 bits per heavy atom. The first-order chi connectivity index (χ1) is 11.1. The van der Waals surface area contributed by atoms with Crippen LogP contribution in [0.4, 0.5) is 0 Å². The van der Waals surface area contributed by atoms with E-state index < -0.39 is 0 Å². The molecule has 0 unspecified atom stereocenters. The Labute approximate surface area is 150 Å². The van der Waals surface area contributed by atoms with Gasteiger partial charge in [0.25, 0.3) is 0 Å². The van der Waals surface area contributed by atoms with Gasteiger partial charge in [0, 0.05) is 16.0 Å². The maximum Gasteiger partial charge on any atom is 0.152 e. The van der Waals surface area contributed by atoms with Crippen LogP contribution < -0.4 is 4.74 Å². The maximum absolute atomic E-state index is 10.4. The van der Waals surface area contributed by atoms with Crippen molar-refractivity contribution in [2.45, 2.75) is 41.5 Å². The third-order valence-corrected chi connectivity index (χ3v) is 3.67. The van der Waals surface area contributed by atoms with E-state index in [4.69, 9.17) is 16.3 Å². The van der Waals surface area contributed by atoms with Crippen molar-refractivity contribution in [1.82, 2.24) is 0 Å². The van der Waals surface area contributed by atoms with E-state index in [9.17, 15) is 4.79 Å². The summed E-state index contributed by atoms with van der Waals surface area (Å²) in [6.07, 6.45) is 7.67. The molecule has 1 aliphatic rings. The van der Waals surface area contributed by atoms with Gasteiger partial charge in [-0.3, -0.25) is 4.79 Å². The molecular weight excluding hydrogens is 320 g/mol. The van der Waals surface area contributed by atoms with Crippen LogP contribution in [0.3, 0.4) is 0 Å². The van der Waals surface area contributed by atoms with Crippen molar-refractivity contribution in [3.05, 3.63) is 58.7 Å². The molecule has 1 aromatic carbocycles.